The molecule has 0 saturated carbocycles. The van der Waals surface area contributed by atoms with Gasteiger partial charge in [0, 0.05) is 21.8 Å². The Kier molecular flexibility index (Phi) is 5.33. The topological polar surface area (TPSA) is 110 Å². The molecule has 0 bridgehead atoms. The quantitative estimate of drug-likeness (QED) is 0.640. The van der Waals surface area contributed by atoms with Crippen LogP contribution in [0.3, 0.4) is 0 Å². The van der Waals surface area contributed by atoms with Gasteiger partial charge in [-0.05, 0) is 42.8 Å². The van der Waals surface area contributed by atoms with Gasteiger partial charge in [-0.25, -0.2) is 9.97 Å². The molecule has 2 amide bonds. The van der Waals surface area contributed by atoms with Gasteiger partial charge in [0.25, 0.3) is 11.8 Å². The molecule has 1 heterocycles. The monoisotopic (exact) mass is 381 g/mol. The van der Waals surface area contributed by atoms with E-state index in [9.17, 15) is 9.59 Å². The van der Waals surface area contributed by atoms with Gasteiger partial charge >= 0.3 is 0 Å². The van der Waals surface area contributed by atoms with Gasteiger partial charge in [-0.3, -0.25) is 9.59 Å². The number of nitrogen functional groups attached to an aromatic ring is 1. The maximum absolute atomic E-state index is 12.5. The highest BCUT2D eigenvalue weighted by molar-refractivity contribution is 6.31. The lowest BCUT2D eigenvalue weighted by atomic mass is 10.1. The van der Waals surface area contributed by atoms with Crippen LogP contribution in [0.2, 0.25) is 5.02 Å². The van der Waals surface area contributed by atoms with E-state index in [0.717, 1.165) is 5.56 Å². The van der Waals surface area contributed by atoms with Gasteiger partial charge in [-0.2, -0.15) is 0 Å². The number of benzene rings is 2. The van der Waals surface area contributed by atoms with E-state index in [0.29, 0.717) is 27.5 Å². The Labute approximate surface area is 160 Å². The standard InChI is InChI=1S/C19H16ClN5O2/c1-11-5-6-14(24-17(26)12-3-2-4-13(20)7-12)8-16(11)18(27)25-15-9-22-19(21)23-10-15/h2-10H,1H3,(H,24,26)(H,25,27)(H2,21,22,23). The van der Waals surface area contributed by atoms with Crippen molar-refractivity contribution in [3.8, 4) is 0 Å². The van der Waals surface area contributed by atoms with Crippen LogP contribution in [-0.2, 0) is 0 Å². The molecule has 0 saturated heterocycles. The number of aromatic nitrogens is 2. The number of nitrogens with two attached hydrogens (primary N) is 1. The van der Waals surface area contributed by atoms with Crippen molar-refractivity contribution in [1.29, 1.82) is 0 Å². The minimum absolute atomic E-state index is 0.120. The highest BCUT2D eigenvalue weighted by atomic mass is 35.5. The lowest BCUT2D eigenvalue weighted by molar-refractivity contribution is 0.101. The number of carbonyl (C=O) groups is 2. The number of nitrogens with one attached hydrogen (secondary N) is 2. The zero-order chi connectivity index (χ0) is 19.4. The molecule has 7 nitrogen and oxygen atoms in total. The SMILES string of the molecule is Cc1ccc(NC(=O)c2cccc(Cl)c2)cc1C(=O)Nc1cnc(N)nc1. The van der Waals surface area contributed by atoms with Crippen LogP contribution >= 0.6 is 11.6 Å². The normalized spacial score (nSPS) is 10.3. The summed E-state index contributed by atoms with van der Waals surface area (Å²) in [6.07, 6.45) is 2.83. The van der Waals surface area contributed by atoms with E-state index in [1.165, 1.54) is 12.4 Å². The number of aryl methyl sites for hydroxylation is 1. The first kappa shape index (κ1) is 18.3. The molecule has 27 heavy (non-hydrogen) atoms. The fourth-order valence-corrected chi connectivity index (χ4v) is 2.57. The molecule has 3 rings (SSSR count). The summed E-state index contributed by atoms with van der Waals surface area (Å²) in [6.45, 7) is 1.80. The van der Waals surface area contributed by atoms with Crippen LogP contribution in [-0.4, -0.2) is 21.8 Å². The van der Waals surface area contributed by atoms with E-state index in [-0.39, 0.29) is 17.8 Å². The molecule has 0 aliphatic rings. The predicted octanol–water partition coefficient (Wildman–Crippen LogP) is 3.53. The maximum Gasteiger partial charge on any atom is 0.256 e. The molecule has 4 N–H and O–H groups in total. The smallest absolute Gasteiger partial charge is 0.256 e. The van der Waals surface area contributed by atoms with Crippen LogP contribution in [0.1, 0.15) is 26.3 Å². The van der Waals surface area contributed by atoms with Crippen molar-refractivity contribution in [3.05, 3.63) is 76.6 Å². The molecule has 2 aromatic carbocycles. The molecular weight excluding hydrogens is 366 g/mol. The first-order chi connectivity index (χ1) is 12.9. The molecule has 0 fully saturated rings. The molecule has 1 aromatic heterocycles. The van der Waals surface area contributed by atoms with Crippen LogP contribution in [0.15, 0.2) is 54.9 Å². The Morgan fingerprint density at radius 2 is 1.67 bits per heavy atom. The third-order valence-corrected chi connectivity index (χ3v) is 3.99. The summed E-state index contributed by atoms with van der Waals surface area (Å²) in [5.41, 5.74) is 7.93. The van der Waals surface area contributed by atoms with Crippen LogP contribution in [0.4, 0.5) is 17.3 Å². The Hall–Kier alpha value is -3.45. The molecule has 0 unspecified atom stereocenters. The summed E-state index contributed by atoms with van der Waals surface area (Å²) in [4.78, 5) is 32.6. The molecule has 136 valence electrons. The maximum atomic E-state index is 12.5. The van der Waals surface area contributed by atoms with Gasteiger partial charge in [0.2, 0.25) is 5.95 Å². The lowest BCUT2D eigenvalue weighted by Gasteiger charge is -2.11. The number of carbonyl (C=O) groups excluding carboxylic acids is 2. The molecule has 0 spiro atoms. The minimum atomic E-state index is -0.347. The second-order valence-corrected chi connectivity index (χ2v) is 6.21. The summed E-state index contributed by atoms with van der Waals surface area (Å²) in [5.74, 6) is -0.547. The third kappa shape index (κ3) is 4.59. The Morgan fingerprint density at radius 1 is 0.963 bits per heavy atom. The van der Waals surface area contributed by atoms with E-state index in [1.807, 2.05) is 0 Å². The predicted molar refractivity (Wildman–Crippen MR) is 105 cm³/mol. The Bertz CT molecular complexity index is 1010. The van der Waals surface area contributed by atoms with E-state index < -0.39 is 0 Å². The zero-order valence-corrected chi connectivity index (χ0v) is 15.1. The summed E-state index contributed by atoms with van der Waals surface area (Å²) >= 11 is 5.92. The number of amides is 2. The highest BCUT2D eigenvalue weighted by Crippen LogP contribution is 2.19. The molecular formula is C19H16ClN5O2. The van der Waals surface area contributed by atoms with Crippen LogP contribution in [0.5, 0.6) is 0 Å². The van der Waals surface area contributed by atoms with E-state index in [4.69, 9.17) is 17.3 Å². The number of halogens is 1. The van der Waals surface area contributed by atoms with Gasteiger partial charge in [0.15, 0.2) is 0 Å². The molecule has 3 aromatic rings. The van der Waals surface area contributed by atoms with Crippen molar-refractivity contribution < 1.29 is 9.59 Å². The Morgan fingerprint density at radius 3 is 2.37 bits per heavy atom. The number of hydrogen-bond donors (Lipinski definition) is 3. The largest absolute Gasteiger partial charge is 0.368 e. The number of hydrogen-bond acceptors (Lipinski definition) is 5. The van der Waals surface area contributed by atoms with Crippen LogP contribution < -0.4 is 16.4 Å². The van der Waals surface area contributed by atoms with Gasteiger partial charge in [-0.15, -0.1) is 0 Å². The van der Waals surface area contributed by atoms with Gasteiger partial charge in [0.05, 0.1) is 18.1 Å². The van der Waals surface area contributed by atoms with Crippen molar-refractivity contribution >= 4 is 40.7 Å². The second-order valence-electron chi connectivity index (χ2n) is 5.78. The van der Waals surface area contributed by atoms with E-state index >= 15 is 0 Å². The van der Waals surface area contributed by atoms with Crippen molar-refractivity contribution in [3.63, 3.8) is 0 Å². The molecule has 0 aliphatic heterocycles. The van der Waals surface area contributed by atoms with Gasteiger partial charge < -0.3 is 16.4 Å². The number of anilines is 3. The van der Waals surface area contributed by atoms with Crippen molar-refractivity contribution in [1.82, 2.24) is 9.97 Å². The fourth-order valence-electron chi connectivity index (χ4n) is 2.38. The lowest BCUT2D eigenvalue weighted by Crippen LogP contribution is -2.16. The first-order valence-electron chi connectivity index (χ1n) is 7.99. The van der Waals surface area contributed by atoms with Gasteiger partial charge in [0.1, 0.15) is 0 Å². The summed E-state index contributed by atoms with van der Waals surface area (Å²) < 4.78 is 0. The minimum Gasteiger partial charge on any atom is -0.368 e. The molecule has 8 heteroatoms. The number of rotatable bonds is 4. The third-order valence-electron chi connectivity index (χ3n) is 3.76. The summed E-state index contributed by atoms with van der Waals surface area (Å²) in [6, 6.07) is 11.7. The van der Waals surface area contributed by atoms with Crippen LogP contribution in [0.25, 0.3) is 0 Å². The zero-order valence-electron chi connectivity index (χ0n) is 14.4. The fraction of sp³-hybridized carbons (Fsp3) is 0.0526. The first-order valence-corrected chi connectivity index (χ1v) is 8.36. The average Bonchev–Trinajstić information content (AvgIpc) is 2.65. The second kappa shape index (κ2) is 7.84. The highest BCUT2D eigenvalue weighted by Gasteiger charge is 2.13. The Balaban J connectivity index is 1.78. The van der Waals surface area contributed by atoms with E-state index in [1.54, 1.807) is 49.4 Å². The van der Waals surface area contributed by atoms with Crippen molar-refractivity contribution in [2.24, 2.45) is 0 Å². The summed E-state index contributed by atoms with van der Waals surface area (Å²) in [7, 11) is 0. The van der Waals surface area contributed by atoms with Crippen molar-refractivity contribution in [2.45, 2.75) is 6.92 Å². The van der Waals surface area contributed by atoms with E-state index in [2.05, 4.69) is 20.6 Å². The number of nitrogens with zero attached hydrogens (tertiary/aromatic N) is 2. The molecule has 0 radical (unpaired) electrons. The summed E-state index contributed by atoms with van der Waals surface area (Å²) in [5, 5.41) is 5.93. The molecule has 0 aliphatic carbocycles. The van der Waals surface area contributed by atoms with Gasteiger partial charge in [-0.1, -0.05) is 23.7 Å². The van der Waals surface area contributed by atoms with Crippen molar-refractivity contribution in [2.75, 3.05) is 16.4 Å². The average molecular weight is 382 g/mol. The molecule has 0 atom stereocenters. The van der Waals surface area contributed by atoms with Crippen LogP contribution in [0, 0.1) is 6.92 Å².